The zero-order valence-electron chi connectivity index (χ0n) is 5.10. The standard InChI is InChI=1S/C5H12NO/c1-5(2,3)6(4)7/h7H,4H2,1-3H3. The van der Waals surface area contributed by atoms with Gasteiger partial charge in [-0.15, -0.1) is 0 Å². The van der Waals surface area contributed by atoms with Crippen LogP contribution >= 0.6 is 0 Å². The molecule has 2 nitrogen and oxygen atoms in total. The monoisotopic (exact) mass is 102 g/mol. The van der Waals surface area contributed by atoms with E-state index in [1.54, 1.807) is 0 Å². The lowest BCUT2D eigenvalue weighted by Crippen LogP contribution is -2.33. The number of hydrogen-bond donors (Lipinski definition) is 1. The summed E-state index contributed by atoms with van der Waals surface area (Å²) in [6, 6.07) is 0. The Morgan fingerprint density at radius 2 is 1.57 bits per heavy atom. The van der Waals surface area contributed by atoms with Crippen molar-refractivity contribution in [2.75, 3.05) is 0 Å². The molecule has 0 saturated carbocycles. The predicted octanol–water partition coefficient (Wildman–Crippen LogP) is 1.27. The van der Waals surface area contributed by atoms with Gasteiger partial charge in [-0.3, -0.25) is 0 Å². The lowest BCUT2D eigenvalue weighted by molar-refractivity contribution is -0.113. The summed E-state index contributed by atoms with van der Waals surface area (Å²) in [7, 11) is 3.30. The topological polar surface area (TPSA) is 23.5 Å². The number of nitrogens with zero attached hydrogens (tertiary/aromatic N) is 1. The smallest absolute Gasteiger partial charge is 0.0395 e. The molecule has 0 aromatic carbocycles. The summed E-state index contributed by atoms with van der Waals surface area (Å²) in [5.74, 6) is 0. The maximum Gasteiger partial charge on any atom is 0.0395 e. The Bertz CT molecular complexity index is 53.6. The number of hydrogen-bond acceptors (Lipinski definition) is 2. The number of hydroxylamine groups is 2. The molecule has 0 aromatic heterocycles. The summed E-state index contributed by atoms with van der Waals surface area (Å²) in [5.41, 5.74) is -0.222. The highest BCUT2D eigenvalue weighted by Crippen LogP contribution is 2.06. The van der Waals surface area contributed by atoms with Crippen molar-refractivity contribution in [2.24, 2.45) is 0 Å². The summed E-state index contributed by atoms with van der Waals surface area (Å²) in [6.45, 7) is 5.62. The van der Waals surface area contributed by atoms with E-state index in [4.69, 9.17) is 5.21 Å². The molecule has 0 amide bonds. The molecular weight excluding hydrogens is 90.1 g/mol. The van der Waals surface area contributed by atoms with Crippen LogP contribution in [0.3, 0.4) is 0 Å². The average Bonchev–Trinajstić information content (AvgIpc) is 1.31. The minimum Gasteiger partial charge on any atom is -0.313 e. The third-order valence-electron chi connectivity index (χ3n) is 0.774. The zero-order chi connectivity index (χ0) is 6.08. The Morgan fingerprint density at radius 3 is 1.57 bits per heavy atom. The first-order chi connectivity index (χ1) is 2.94. The van der Waals surface area contributed by atoms with E-state index in [1.165, 1.54) is 0 Å². The second-order valence-corrected chi connectivity index (χ2v) is 2.57. The van der Waals surface area contributed by atoms with Crippen molar-refractivity contribution in [3.8, 4) is 0 Å². The quantitative estimate of drug-likeness (QED) is 0.465. The Morgan fingerprint density at radius 1 is 1.43 bits per heavy atom. The Hall–Kier alpha value is -0.0800. The van der Waals surface area contributed by atoms with Crippen LogP contribution in [0.25, 0.3) is 0 Å². The minimum absolute atomic E-state index is 0.222. The molecule has 0 saturated heterocycles. The molecule has 0 atom stereocenters. The molecule has 0 heterocycles. The van der Waals surface area contributed by atoms with Gasteiger partial charge in [-0.05, 0) is 20.8 Å². The predicted molar refractivity (Wildman–Crippen MR) is 28.7 cm³/mol. The van der Waals surface area contributed by atoms with Crippen LogP contribution in [-0.2, 0) is 0 Å². The molecule has 0 rings (SSSR count). The van der Waals surface area contributed by atoms with E-state index in [2.05, 4.69) is 7.05 Å². The van der Waals surface area contributed by atoms with Gasteiger partial charge in [0.25, 0.3) is 0 Å². The fraction of sp³-hybridized carbons (Fsp3) is 0.800. The first kappa shape index (κ1) is 6.92. The van der Waals surface area contributed by atoms with Crippen LogP contribution in [0.15, 0.2) is 0 Å². The molecule has 0 unspecified atom stereocenters. The molecule has 0 bridgehead atoms. The van der Waals surface area contributed by atoms with Crippen molar-refractivity contribution in [1.29, 1.82) is 0 Å². The van der Waals surface area contributed by atoms with Crippen LogP contribution in [0.1, 0.15) is 20.8 Å². The molecule has 0 fully saturated rings. The van der Waals surface area contributed by atoms with Gasteiger partial charge in [0.05, 0.1) is 0 Å². The Labute approximate surface area is 44.7 Å². The lowest BCUT2D eigenvalue weighted by atomic mass is 10.1. The summed E-state index contributed by atoms with van der Waals surface area (Å²) in [4.78, 5) is 0. The average molecular weight is 102 g/mol. The second kappa shape index (κ2) is 1.80. The van der Waals surface area contributed by atoms with E-state index in [9.17, 15) is 0 Å². The molecule has 0 spiro atoms. The van der Waals surface area contributed by atoms with Crippen LogP contribution in [0, 0.1) is 7.05 Å². The van der Waals surface area contributed by atoms with Crippen LogP contribution in [-0.4, -0.2) is 15.8 Å². The molecule has 0 aliphatic heterocycles. The first-order valence-electron chi connectivity index (χ1n) is 2.24. The molecule has 0 aliphatic rings. The van der Waals surface area contributed by atoms with Crippen molar-refractivity contribution < 1.29 is 5.21 Å². The second-order valence-electron chi connectivity index (χ2n) is 2.57. The number of rotatable bonds is 0. The Balaban J connectivity index is 3.54. The maximum absolute atomic E-state index is 8.61. The van der Waals surface area contributed by atoms with E-state index in [0.717, 1.165) is 5.06 Å². The van der Waals surface area contributed by atoms with Crippen molar-refractivity contribution >= 4 is 0 Å². The van der Waals surface area contributed by atoms with Gasteiger partial charge in [0.1, 0.15) is 0 Å². The minimum atomic E-state index is -0.222. The van der Waals surface area contributed by atoms with Crippen LogP contribution in [0.2, 0.25) is 0 Å². The molecule has 1 N–H and O–H groups in total. The van der Waals surface area contributed by atoms with Crippen molar-refractivity contribution in [2.45, 2.75) is 26.3 Å². The highest BCUT2D eigenvalue weighted by atomic mass is 16.5. The van der Waals surface area contributed by atoms with Crippen molar-refractivity contribution in [3.05, 3.63) is 7.05 Å². The van der Waals surface area contributed by atoms with Crippen LogP contribution in [0.4, 0.5) is 0 Å². The van der Waals surface area contributed by atoms with E-state index < -0.39 is 0 Å². The largest absolute Gasteiger partial charge is 0.313 e. The fourth-order valence-corrected chi connectivity index (χ4v) is 0. The van der Waals surface area contributed by atoms with Crippen LogP contribution in [0.5, 0.6) is 0 Å². The summed E-state index contributed by atoms with van der Waals surface area (Å²) < 4.78 is 0. The fourth-order valence-electron chi connectivity index (χ4n) is 0. The van der Waals surface area contributed by atoms with Crippen LogP contribution < -0.4 is 0 Å². The Kier molecular flexibility index (Phi) is 1.78. The maximum atomic E-state index is 8.61. The van der Waals surface area contributed by atoms with E-state index >= 15 is 0 Å². The molecule has 7 heavy (non-hydrogen) atoms. The molecule has 1 radical (unpaired) electrons. The molecule has 43 valence electrons. The van der Waals surface area contributed by atoms with Gasteiger partial charge in [0, 0.05) is 12.6 Å². The third-order valence-corrected chi connectivity index (χ3v) is 0.774. The highest BCUT2D eigenvalue weighted by Gasteiger charge is 2.13. The van der Waals surface area contributed by atoms with Crippen molar-refractivity contribution in [3.63, 3.8) is 0 Å². The van der Waals surface area contributed by atoms with E-state index in [1.807, 2.05) is 20.8 Å². The normalized spacial score (nSPS) is 12.9. The first-order valence-corrected chi connectivity index (χ1v) is 2.24. The van der Waals surface area contributed by atoms with E-state index in [0.29, 0.717) is 0 Å². The van der Waals surface area contributed by atoms with Gasteiger partial charge in [-0.1, -0.05) is 0 Å². The summed E-state index contributed by atoms with van der Waals surface area (Å²) in [6.07, 6.45) is 0. The highest BCUT2D eigenvalue weighted by molar-refractivity contribution is 4.66. The SMILES string of the molecule is [CH2]N(O)C(C)(C)C. The van der Waals surface area contributed by atoms with Gasteiger partial charge in [0.15, 0.2) is 0 Å². The van der Waals surface area contributed by atoms with Gasteiger partial charge in [-0.25, -0.2) is 0 Å². The van der Waals surface area contributed by atoms with Gasteiger partial charge >= 0.3 is 0 Å². The third kappa shape index (κ3) is 2.60. The lowest BCUT2D eigenvalue weighted by Gasteiger charge is -2.24. The molecular formula is C5H12NO. The molecule has 0 aromatic rings. The summed E-state index contributed by atoms with van der Waals surface area (Å²) >= 11 is 0. The molecule has 0 aliphatic carbocycles. The zero-order valence-corrected chi connectivity index (χ0v) is 5.10. The van der Waals surface area contributed by atoms with E-state index in [-0.39, 0.29) is 5.54 Å². The van der Waals surface area contributed by atoms with Gasteiger partial charge < -0.3 is 5.21 Å². The summed E-state index contributed by atoms with van der Waals surface area (Å²) in [5, 5.41) is 9.55. The van der Waals surface area contributed by atoms with Gasteiger partial charge in [-0.2, -0.15) is 5.06 Å². The van der Waals surface area contributed by atoms with Gasteiger partial charge in [0.2, 0.25) is 0 Å². The van der Waals surface area contributed by atoms with Crippen molar-refractivity contribution in [1.82, 2.24) is 5.06 Å². The molecule has 2 heteroatoms.